The number of carboxylic acids is 1. The topological polar surface area (TPSA) is 66.4 Å². The molecular formula is C16H23NO3S. The predicted molar refractivity (Wildman–Crippen MR) is 85.4 cm³/mol. The van der Waals surface area contributed by atoms with Crippen molar-refractivity contribution in [3.63, 3.8) is 0 Å². The first-order valence-corrected chi connectivity index (χ1v) is 7.97. The molecule has 1 aromatic carbocycles. The molecule has 4 nitrogen and oxygen atoms in total. The number of hydrogen-bond donors (Lipinski definition) is 2. The van der Waals surface area contributed by atoms with Crippen LogP contribution in [0.1, 0.15) is 33.6 Å². The van der Waals surface area contributed by atoms with Crippen molar-refractivity contribution in [3.8, 4) is 0 Å². The van der Waals surface area contributed by atoms with Gasteiger partial charge in [0.2, 0.25) is 5.91 Å². The van der Waals surface area contributed by atoms with Crippen LogP contribution >= 0.6 is 11.8 Å². The van der Waals surface area contributed by atoms with Gasteiger partial charge in [-0.3, -0.25) is 9.59 Å². The number of carbonyl (C=O) groups excluding carboxylic acids is 1. The molecule has 0 fully saturated rings. The highest BCUT2D eigenvalue weighted by Crippen LogP contribution is 2.25. The lowest BCUT2D eigenvalue weighted by atomic mass is 9.90. The lowest BCUT2D eigenvalue weighted by Gasteiger charge is -2.20. The largest absolute Gasteiger partial charge is 0.481 e. The molecule has 0 aliphatic carbocycles. The average Bonchev–Trinajstić information content (AvgIpc) is 2.45. The summed E-state index contributed by atoms with van der Waals surface area (Å²) in [6.07, 6.45) is 1.15. The highest BCUT2D eigenvalue weighted by atomic mass is 32.2. The third kappa shape index (κ3) is 5.79. The summed E-state index contributed by atoms with van der Waals surface area (Å²) in [7, 11) is 0. The number of hydrogen-bond acceptors (Lipinski definition) is 3. The molecule has 0 radical (unpaired) electrons. The van der Waals surface area contributed by atoms with E-state index in [9.17, 15) is 9.59 Å². The fraction of sp³-hybridized carbons (Fsp3) is 0.500. The van der Waals surface area contributed by atoms with Crippen LogP contribution in [0.25, 0.3) is 0 Å². The van der Waals surface area contributed by atoms with Crippen molar-refractivity contribution >= 4 is 23.6 Å². The Hall–Kier alpha value is -1.49. The Labute approximate surface area is 130 Å². The van der Waals surface area contributed by atoms with Crippen molar-refractivity contribution in [2.24, 2.45) is 5.41 Å². The Morgan fingerprint density at radius 3 is 2.43 bits per heavy atom. The molecule has 0 aromatic heterocycles. The van der Waals surface area contributed by atoms with Crippen LogP contribution in [-0.4, -0.2) is 28.8 Å². The van der Waals surface area contributed by atoms with Crippen LogP contribution in [0.4, 0.5) is 0 Å². The fourth-order valence-electron chi connectivity index (χ4n) is 1.70. The normalized spacial score (nSPS) is 12.7. The summed E-state index contributed by atoms with van der Waals surface area (Å²) in [5.41, 5.74) is -0.818. The number of benzene rings is 1. The molecule has 21 heavy (non-hydrogen) atoms. The highest BCUT2D eigenvalue weighted by Gasteiger charge is 2.27. The number of amides is 1. The van der Waals surface area contributed by atoms with E-state index in [0.29, 0.717) is 13.0 Å². The molecular weight excluding hydrogens is 286 g/mol. The maximum absolute atomic E-state index is 12.2. The molecule has 0 saturated heterocycles. The number of thioether (sulfide) groups is 1. The Kier molecular flexibility index (Phi) is 6.75. The van der Waals surface area contributed by atoms with Gasteiger partial charge in [-0.05, 0) is 38.8 Å². The highest BCUT2D eigenvalue weighted by molar-refractivity contribution is 8.00. The number of carbonyl (C=O) groups is 2. The van der Waals surface area contributed by atoms with Crippen molar-refractivity contribution < 1.29 is 14.7 Å². The average molecular weight is 309 g/mol. The van der Waals surface area contributed by atoms with Gasteiger partial charge in [0.05, 0.1) is 10.7 Å². The Morgan fingerprint density at radius 2 is 1.90 bits per heavy atom. The Bertz CT molecular complexity index is 474. The summed E-state index contributed by atoms with van der Waals surface area (Å²) in [6, 6.07) is 9.80. The zero-order valence-electron chi connectivity index (χ0n) is 12.8. The SMILES string of the molecule is CCC(Sc1ccccc1)C(=O)NCCC(C)(C)C(=O)O. The third-order valence-corrected chi connectivity index (χ3v) is 4.69. The van der Waals surface area contributed by atoms with Crippen LogP contribution in [0.5, 0.6) is 0 Å². The molecule has 1 amide bonds. The van der Waals surface area contributed by atoms with E-state index in [2.05, 4.69) is 5.32 Å². The third-order valence-electron chi connectivity index (χ3n) is 3.31. The minimum Gasteiger partial charge on any atom is -0.481 e. The van der Waals surface area contributed by atoms with Gasteiger partial charge < -0.3 is 10.4 Å². The minimum atomic E-state index is -0.845. The van der Waals surface area contributed by atoms with E-state index in [4.69, 9.17) is 5.11 Å². The van der Waals surface area contributed by atoms with E-state index in [0.717, 1.165) is 11.3 Å². The molecule has 1 aromatic rings. The maximum atomic E-state index is 12.2. The monoisotopic (exact) mass is 309 g/mol. The van der Waals surface area contributed by atoms with Gasteiger partial charge in [0.1, 0.15) is 0 Å². The summed E-state index contributed by atoms with van der Waals surface area (Å²) in [5.74, 6) is -0.880. The van der Waals surface area contributed by atoms with Gasteiger partial charge in [-0.1, -0.05) is 25.1 Å². The van der Waals surface area contributed by atoms with Gasteiger partial charge in [0, 0.05) is 11.4 Å². The molecule has 0 aliphatic rings. The molecule has 1 rings (SSSR count). The first-order valence-electron chi connectivity index (χ1n) is 7.09. The van der Waals surface area contributed by atoms with Crippen LogP contribution in [0.2, 0.25) is 0 Å². The molecule has 1 atom stereocenters. The lowest BCUT2D eigenvalue weighted by molar-refractivity contribution is -0.147. The second-order valence-corrected chi connectivity index (χ2v) is 6.83. The number of nitrogens with one attached hydrogen (secondary N) is 1. The van der Waals surface area contributed by atoms with Crippen molar-refractivity contribution in [2.75, 3.05) is 6.54 Å². The zero-order chi connectivity index (χ0) is 15.9. The van der Waals surface area contributed by atoms with Gasteiger partial charge in [0.25, 0.3) is 0 Å². The first kappa shape index (κ1) is 17.6. The van der Waals surface area contributed by atoms with E-state index in [1.807, 2.05) is 37.3 Å². The summed E-state index contributed by atoms with van der Waals surface area (Å²) >= 11 is 1.53. The van der Waals surface area contributed by atoms with Gasteiger partial charge in [-0.25, -0.2) is 0 Å². The van der Waals surface area contributed by atoms with Gasteiger partial charge in [-0.2, -0.15) is 0 Å². The molecule has 5 heteroatoms. The number of carboxylic acid groups (broad SMARTS) is 1. The van der Waals surface area contributed by atoms with E-state index >= 15 is 0 Å². The summed E-state index contributed by atoms with van der Waals surface area (Å²) < 4.78 is 0. The maximum Gasteiger partial charge on any atom is 0.309 e. The molecule has 0 heterocycles. The Balaban J connectivity index is 2.47. The molecule has 116 valence electrons. The van der Waals surface area contributed by atoms with Crippen molar-refractivity contribution in [1.82, 2.24) is 5.32 Å². The van der Waals surface area contributed by atoms with Gasteiger partial charge in [0.15, 0.2) is 0 Å². The van der Waals surface area contributed by atoms with Crippen LogP contribution in [0.3, 0.4) is 0 Å². The zero-order valence-corrected chi connectivity index (χ0v) is 13.6. The molecule has 0 spiro atoms. The standard InChI is InChI=1S/C16H23NO3S/c1-4-13(21-12-8-6-5-7-9-12)14(18)17-11-10-16(2,3)15(19)20/h5-9,13H,4,10-11H2,1-3H3,(H,17,18)(H,19,20). The van der Waals surface area contributed by atoms with E-state index in [1.54, 1.807) is 13.8 Å². The minimum absolute atomic E-state index is 0.0347. The van der Waals surface area contributed by atoms with Crippen LogP contribution in [0.15, 0.2) is 35.2 Å². The number of aliphatic carboxylic acids is 1. The predicted octanol–water partition coefficient (Wildman–Crippen LogP) is 3.17. The van der Waals surface area contributed by atoms with E-state index in [-0.39, 0.29) is 11.2 Å². The summed E-state index contributed by atoms with van der Waals surface area (Å²) in [6.45, 7) is 5.68. The van der Waals surface area contributed by atoms with Crippen LogP contribution in [-0.2, 0) is 9.59 Å². The first-order chi connectivity index (χ1) is 9.86. The summed E-state index contributed by atoms with van der Waals surface area (Å²) in [5, 5.41) is 11.7. The van der Waals surface area contributed by atoms with Crippen molar-refractivity contribution in [1.29, 1.82) is 0 Å². The second kappa shape index (κ2) is 8.08. The van der Waals surface area contributed by atoms with Gasteiger partial charge in [-0.15, -0.1) is 11.8 Å². The van der Waals surface area contributed by atoms with Crippen LogP contribution < -0.4 is 5.32 Å². The molecule has 2 N–H and O–H groups in total. The number of rotatable bonds is 8. The van der Waals surface area contributed by atoms with Crippen LogP contribution in [0, 0.1) is 5.41 Å². The Morgan fingerprint density at radius 1 is 1.29 bits per heavy atom. The second-order valence-electron chi connectivity index (χ2n) is 5.56. The van der Waals surface area contributed by atoms with E-state index < -0.39 is 11.4 Å². The molecule has 0 bridgehead atoms. The smallest absolute Gasteiger partial charge is 0.309 e. The lowest BCUT2D eigenvalue weighted by Crippen LogP contribution is -2.36. The quantitative estimate of drug-likeness (QED) is 0.724. The molecule has 1 unspecified atom stereocenters. The van der Waals surface area contributed by atoms with Crippen molar-refractivity contribution in [2.45, 2.75) is 43.8 Å². The summed E-state index contributed by atoms with van der Waals surface area (Å²) in [4.78, 5) is 24.2. The molecule has 0 saturated carbocycles. The fourth-order valence-corrected chi connectivity index (χ4v) is 2.70. The molecule has 0 aliphatic heterocycles. The van der Waals surface area contributed by atoms with Crippen molar-refractivity contribution in [3.05, 3.63) is 30.3 Å². The van der Waals surface area contributed by atoms with Gasteiger partial charge >= 0.3 is 5.97 Å². The van der Waals surface area contributed by atoms with E-state index in [1.165, 1.54) is 11.8 Å².